The van der Waals surface area contributed by atoms with Crippen LogP contribution in [0.1, 0.15) is 77.4 Å². The molecule has 4 heterocycles. The van der Waals surface area contributed by atoms with Gasteiger partial charge in [0.25, 0.3) is 12.9 Å². The average molecular weight is 615 g/mol. The van der Waals surface area contributed by atoms with E-state index in [1.807, 2.05) is 29.6 Å². The number of rotatable bonds is 10. The zero-order valence-electron chi connectivity index (χ0n) is 21.5. The van der Waals surface area contributed by atoms with Crippen LogP contribution in [0.4, 0.5) is 17.6 Å². The fourth-order valence-electron chi connectivity index (χ4n) is 4.92. The number of piperidine rings is 1. The Morgan fingerprint density at radius 1 is 1.20 bits per heavy atom. The number of carbonyl (C=O) groups excluding carboxylic acids is 1. The lowest BCUT2D eigenvalue weighted by Gasteiger charge is -2.31. The van der Waals surface area contributed by atoms with Gasteiger partial charge in [0.2, 0.25) is 17.2 Å². The van der Waals surface area contributed by atoms with Crippen LogP contribution >= 0.6 is 11.3 Å². The molecule has 5 rings (SSSR count). The first kappa shape index (κ1) is 29.3. The Morgan fingerprint density at radius 2 is 1.95 bits per heavy atom. The molecule has 3 aromatic rings. The highest BCUT2D eigenvalue weighted by Crippen LogP contribution is 2.35. The summed E-state index contributed by atoms with van der Waals surface area (Å²) in [6.07, 6.45) is -4.68. The summed E-state index contributed by atoms with van der Waals surface area (Å²) < 4.78 is 75.6. The van der Waals surface area contributed by atoms with Gasteiger partial charge in [0, 0.05) is 37.4 Å². The van der Waals surface area contributed by atoms with Crippen molar-refractivity contribution in [3.63, 3.8) is 0 Å². The van der Waals surface area contributed by atoms with Crippen LogP contribution in [0.5, 0.6) is 0 Å². The number of halogens is 4. The standard InChI is InChI=1S/C25H26F4N6O4S2/c26-23(27)18-9-20(24(28)29)35(32-18)12-22(36)34-7-5-14(6-8-34)25-31-19(13-40-25)17-10-21(39-33-17)16-4-2-1-3-15(16)11-30-41(37)38/h1-4,9,13-14,21,23-24,30H,5-8,10-12H2,(H,37,38). The minimum Gasteiger partial charge on any atom is -0.387 e. The SMILES string of the molecule is O=C(Cn1nc(C(F)F)cc1C(F)F)N1CCC(c2nc(C3=NOC(c4ccccc4CNS(=O)O)C3)cs2)CC1. The van der Waals surface area contributed by atoms with Gasteiger partial charge in [-0.15, -0.1) is 11.3 Å². The van der Waals surface area contributed by atoms with E-state index in [4.69, 9.17) is 14.4 Å². The van der Waals surface area contributed by atoms with Gasteiger partial charge in [-0.25, -0.2) is 31.5 Å². The van der Waals surface area contributed by atoms with Gasteiger partial charge in [0.05, 0.1) is 10.7 Å². The normalized spacial score (nSPS) is 18.7. The number of likely N-dealkylation sites (tertiary alicyclic amines) is 1. The van der Waals surface area contributed by atoms with E-state index in [1.54, 1.807) is 0 Å². The van der Waals surface area contributed by atoms with Crippen LogP contribution in [-0.2, 0) is 34.0 Å². The Morgan fingerprint density at radius 3 is 2.66 bits per heavy atom. The zero-order valence-corrected chi connectivity index (χ0v) is 23.1. The lowest BCUT2D eigenvalue weighted by atomic mass is 9.97. The molecule has 2 aliphatic heterocycles. The summed E-state index contributed by atoms with van der Waals surface area (Å²) in [4.78, 5) is 24.7. The lowest BCUT2D eigenvalue weighted by molar-refractivity contribution is -0.133. The number of nitrogens with zero attached hydrogens (tertiary/aromatic N) is 5. The summed E-state index contributed by atoms with van der Waals surface area (Å²) in [5.74, 6) is -0.368. The lowest BCUT2D eigenvalue weighted by Crippen LogP contribution is -2.40. The van der Waals surface area contributed by atoms with Crippen molar-refractivity contribution in [3.8, 4) is 0 Å². The van der Waals surface area contributed by atoms with Gasteiger partial charge < -0.3 is 9.74 Å². The van der Waals surface area contributed by atoms with E-state index in [9.17, 15) is 26.6 Å². The number of oxime groups is 1. The number of hydrogen-bond acceptors (Lipinski definition) is 7. The molecule has 0 radical (unpaired) electrons. The van der Waals surface area contributed by atoms with Crippen molar-refractivity contribution >= 4 is 34.2 Å². The van der Waals surface area contributed by atoms with Gasteiger partial charge in [0.15, 0.2) is 6.10 Å². The molecular formula is C25H26F4N6O4S2. The van der Waals surface area contributed by atoms with Crippen molar-refractivity contribution in [1.82, 2.24) is 24.4 Å². The summed E-state index contributed by atoms with van der Waals surface area (Å²) in [5.41, 5.74) is 1.58. The molecule has 0 spiro atoms. The maximum atomic E-state index is 13.3. The molecule has 1 amide bonds. The highest BCUT2D eigenvalue weighted by Gasteiger charge is 2.30. The van der Waals surface area contributed by atoms with Crippen LogP contribution in [0.25, 0.3) is 0 Å². The van der Waals surface area contributed by atoms with Gasteiger partial charge >= 0.3 is 0 Å². The molecule has 0 saturated carbocycles. The number of thiazole rings is 1. The van der Waals surface area contributed by atoms with Gasteiger partial charge in [-0.3, -0.25) is 14.0 Å². The first-order valence-electron chi connectivity index (χ1n) is 12.7. The number of aromatic nitrogens is 3. The predicted octanol–water partition coefficient (Wildman–Crippen LogP) is 4.71. The Hall–Kier alpha value is -3.21. The number of benzene rings is 1. The van der Waals surface area contributed by atoms with Crippen LogP contribution in [0, 0.1) is 0 Å². The minimum atomic E-state index is -3.03. The molecule has 2 N–H and O–H groups in total. The second-order valence-electron chi connectivity index (χ2n) is 9.58. The Kier molecular flexibility index (Phi) is 9.11. The van der Waals surface area contributed by atoms with Crippen LogP contribution in [-0.4, -0.2) is 53.1 Å². The number of alkyl halides is 4. The Balaban J connectivity index is 1.16. The summed E-state index contributed by atoms with van der Waals surface area (Å²) >= 11 is -0.650. The highest BCUT2D eigenvalue weighted by molar-refractivity contribution is 7.77. The molecular weight excluding hydrogens is 588 g/mol. The van der Waals surface area contributed by atoms with Crippen molar-refractivity contribution in [2.45, 2.75) is 57.2 Å². The van der Waals surface area contributed by atoms with E-state index in [2.05, 4.69) is 15.0 Å². The maximum Gasteiger partial charge on any atom is 0.282 e. The third-order valence-corrected chi connectivity index (χ3v) is 8.43. The number of nitrogens with one attached hydrogen (secondary N) is 1. The van der Waals surface area contributed by atoms with E-state index < -0.39 is 48.0 Å². The van der Waals surface area contributed by atoms with Crippen molar-refractivity contribution < 1.29 is 36.0 Å². The zero-order chi connectivity index (χ0) is 29.1. The summed E-state index contributed by atoms with van der Waals surface area (Å²) in [6.45, 7) is 0.418. The second kappa shape index (κ2) is 12.8. The molecule has 1 aromatic carbocycles. The smallest absolute Gasteiger partial charge is 0.282 e. The van der Waals surface area contributed by atoms with Crippen molar-refractivity contribution in [1.29, 1.82) is 0 Å². The first-order chi connectivity index (χ1) is 19.7. The molecule has 220 valence electrons. The minimum absolute atomic E-state index is 0.0921. The van der Waals surface area contributed by atoms with Crippen molar-refractivity contribution in [2.24, 2.45) is 5.16 Å². The molecule has 2 atom stereocenters. The molecule has 10 nitrogen and oxygen atoms in total. The monoisotopic (exact) mass is 614 g/mol. The van der Waals surface area contributed by atoms with Gasteiger partial charge in [0.1, 0.15) is 23.6 Å². The molecule has 0 aliphatic carbocycles. The van der Waals surface area contributed by atoms with Crippen LogP contribution in [0.2, 0.25) is 0 Å². The fourth-order valence-corrected chi connectivity index (χ4v) is 6.20. The molecule has 41 heavy (non-hydrogen) atoms. The van der Waals surface area contributed by atoms with Crippen molar-refractivity contribution in [2.75, 3.05) is 13.1 Å². The molecule has 2 aromatic heterocycles. The third kappa shape index (κ3) is 6.82. The molecule has 1 saturated heterocycles. The van der Waals surface area contributed by atoms with E-state index in [-0.39, 0.29) is 18.6 Å². The summed E-state index contributed by atoms with van der Waals surface area (Å²) in [7, 11) is 0. The van der Waals surface area contributed by atoms with E-state index >= 15 is 0 Å². The summed E-state index contributed by atoms with van der Waals surface area (Å²) in [6, 6.07) is 8.07. The van der Waals surface area contributed by atoms with Crippen LogP contribution in [0.15, 0.2) is 40.9 Å². The molecule has 1 fully saturated rings. The average Bonchev–Trinajstić information content (AvgIpc) is 3.72. The third-order valence-electron chi connectivity index (χ3n) is 7.03. The number of carbonyl (C=O) groups is 1. The quantitative estimate of drug-likeness (QED) is 0.252. The van der Waals surface area contributed by atoms with E-state index in [0.29, 0.717) is 54.5 Å². The van der Waals surface area contributed by atoms with E-state index in [0.717, 1.165) is 16.1 Å². The van der Waals surface area contributed by atoms with Gasteiger partial charge in [-0.2, -0.15) is 5.10 Å². The summed E-state index contributed by atoms with van der Waals surface area (Å²) in [5, 5.41) is 10.5. The first-order valence-corrected chi connectivity index (χ1v) is 14.7. The molecule has 2 unspecified atom stereocenters. The van der Waals surface area contributed by atoms with Crippen LogP contribution < -0.4 is 4.72 Å². The second-order valence-corrected chi connectivity index (χ2v) is 11.3. The molecule has 16 heteroatoms. The number of amides is 1. The van der Waals surface area contributed by atoms with Crippen LogP contribution in [0.3, 0.4) is 0 Å². The number of hydrogen-bond donors (Lipinski definition) is 2. The topological polar surface area (TPSA) is 122 Å². The highest BCUT2D eigenvalue weighted by atomic mass is 32.2. The van der Waals surface area contributed by atoms with Crippen molar-refractivity contribution in [3.05, 3.63) is 68.9 Å². The van der Waals surface area contributed by atoms with Gasteiger partial charge in [-0.05, 0) is 30.0 Å². The van der Waals surface area contributed by atoms with E-state index in [1.165, 1.54) is 16.2 Å². The van der Waals surface area contributed by atoms with Gasteiger partial charge in [-0.1, -0.05) is 29.4 Å². The Labute approximate surface area is 238 Å². The maximum absolute atomic E-state index is 13.3. The molecule has 2 aliphatic rings. The molecule has 0 bridgehead atoms. The largest absolute Gasteiger partial charge is 0.387 e. The predicted molar refractivity (Wildman–Crippen MR) is 142 cm³/mol. The Bertz CT molecular complexity index is 1440. The fraction of sp³-hybridized carbons (Fsp3) is 0.440.